The highest BCUT2D eigenvalue weighted by molar-refractivity contribution is 7.92. The molecule has 164 valence electrons. The molecule has 3 aromatic rings. The van der Waals surface area contributed by atoms with Crippen molar-refractivity contribution in [1.29, 1.82) is 0 Å². The molecule has 7 heteroatoms. The van der Waals surface area contributed by atoms with Crippen LogP contribution in [-0.4, -0.2) is 50.1 Å². The zero-order valence-corrected chi connectivity index (χ0v) is 18.4. The molecule has 32 heavy (non-hydrogen) atoms. The average molecular weight is 450 g/mol. The normalized spacial score (nSPS) is 18.3. The first-order valence-electron chi connectivity index (χ1n) is 10.2. The minimum Gasteiger partial charge on any atom is -0.467 e. The molecule has 3 aromatic carbocycles. The van der Waals surface area contributed by atoms with Gasteiger partial charge in [0, 0.05) is 12.1 Å². The van der Waals surface area contributed by atoms with E-state index >= 15 is 0 Å². The number of ether oxygens (including phenoxy) is 1. The summed E-state index contributed by atoms with van der Waals surface area (Å²) in [5.74, 6) is -1.02. The summed E-state index contributed by atoms with van der Waals surface area (Å²) in [4.78, 5) is 27.1. The van der Waals surface area contributed by atoms with Gasteiger partial charge in [0.25, 0.3) is 5.91 Å². The molecule has 0 aromatic heterocycles. The number of hydrogen-bond acceptors (Lipinski definition) is 5. The zero-order valence-electron chi connectivity index (χ0n) is 17.5. The van der Waals surface area contributed by atoms with Gasteiger partial charge < -0.3 is 9.64 Å². The molecule has 0 unspecified atom stereocenters. The number of amides is 1. The number of nitrogens with zero attached hydrogens (tertiary/aromatic N) is 1. The van der Waals surface area contributed by atoms with E-state index in [9.17, 15) is 18.0 Å². The lowest BCUT2D eigenvalue weighted by atomic mass is 10.0. The Balaban J connectivity index is 1.60. The van der Waals surface area contributed by atoms with E-state index in [1.54, 1.807) is 30.3 Å². The molecule has 0 spiro atoms. The average Bonchev–Trinajstić information content (AvgIpc) is 3.31. The van der Waals surface area contributed by atoms with Gasteiger partial charge in [-0.3, -0.25) is 4.79 Å². The van der Waals surface area contributed by atoms with Crippen molar-refractivity contribution in [2.24, 2.45) is 0 Å². The number of methoxy groups -OCH3 is 1. The molecule has 0 radical (unpaired) electrons. The molecule has 1 aliphatic heterocycles. The summed E-state index contributed by atoms with van der Waals surface area (Å²) in [5, 5.41) is -0.887. The second kappa shape index (κ2) is 8.96. The summed E-state index contributed by atoms with van der Waals surface area (Å²) < 4.78 is 31.1. The summed E-state index contributed by atoms with van der Waals surface area (Å²) >= 11 is 0. The fraction of sp³-hybridized carbons (Fsp3) is 0.200. The molecule has 0 bridgehead atoms. The second-order valence-corrected chi connectivity index (χ2v) is 9.88. The van der Waals surface area contributed by atoms with Crippen molar-refractivity contribution in [1.82, 2.24) is 4.90 Å². The number of rotatable bonds is 5. The Morgan fingerprint density at radius 1 is 0.844 bits per heavy atom. The third kappa shape index (κ3) is 4.16. The van der Waals surface area contributed by atoms with Crippen LogP contribution in [0, 0.1) is 0 Å². The van der Waals surface area contributed by atoms with Crippen molar-refractivity contribution in [2.75, 3.05) is 13.7 Å². The SMILES string of the molecule is COC(=O)[C@@H]1C[C@@H](S(=O)(=O)c2ccccc2)CN1C(=O)c1ccc(-c2ccccc2)cc1. The third-order valence-corrected chi connectivity index (χ3v) is 7.89. The van der Waals surface area contributed by atoms with Gasteiger partial charge in [-0.25, -0.2) is 13.2 Å². The van der Waals surface area contributed by atoms with Crippen molar-refractivity contribution in [3.63, 3.8) is 0 Å². The molecular weight excluding hydrogens is 426 g/mol. The van der Waals surface area contributed by atoms with Crippen LogP contribution in [0.1, 0.15) is 16.8 Å². The Bertz CT molecular complexity index is 1210. The lowest BCUT2D eigenvalue weighted by Gasteiger charge is -2.22. The fourth-order valence-electron chi connectivity index (χ4n) is 4.01. The van der Waals surface area contributed by atoms with Crippen LogP contribution in [0.4, 0.5) is 0 Å². The van der Waals surface area contributed by atoms with Crippen molar-refractivity contribution in [3.8, 4) is 11.1 Å². The summed E-state index contributed by atoms with van der Waals surface area (Å²) in [6.07, 6.45) is -0.00224. The van der Waals surface area contributed by atoms with Crippen LogP contribution >= 0.6 is 0 Å². The minimum atomic E-state index is -3.71. The van der Waals surface area contributed by atoms with Crippen LogP contribution in [-0.2, 0) is 19.4 Å². The predicted molar refractivity (Wildman–Crippen MR) is 121 cm³/mol. The molecular formula is C25H23NO5S. The first-order chi connectivity index (χ1) is 15.4. The summed E-state index contributed by atoms with van der Waals surface area (Å²) in [6, 6.07) is 23.9. The molecule has 2 atom stereocenters. The number of benzene rings is 3. The zero-order chi connectivity index (χ0) is 22.7. The number of hydrogen-bond donors (Lipinski definition) is 0. The van der Waals surface area contributed by atoms with E-state index < -0.39 is 33.0 Å². The highest BCUT2D eigenvalue weighted by Gasteiger charge is 2.46. The van der Waals surface area contributed by atoms with Crippen molar-refractivity contribution >= 4 is 21.7 Å². The number of carbonyl (C=O) groups is 2. The van der Waals surface area contributed by atoms with Crippen LogP contribution in [0.25, 0.3) is 11.1 Å². The molecule has 1 fully saturated rings. The molecule has 1 saturated heterocycles. The van der Waals surface area contributed by atoms with E-state index in [-0.39, 0.29) is 17.9 Å². The van der Waals surface area contributed by atoms with Gasteiger partial charge in [0.05, 0.1) is 17.3 Å². The van der Waals surface area contributed by atoms with E-state index in [0.717, 1.165) is 11.1 Å². The summed E-state index contributed by atoms with van der Waals surface area (Å²) in [6.45, 7) is -0.0732. The maximum absolute atomic E-state index is 13.3. The summed E-state index contributed by atoms with van der Waals surface area (Å²) in [5.41, 5.74) is 2.36. The lowest BCUT2D eigenvalue weighted by Crippen LogP contribution is -2.41. The highest BCUT2D eigenvalue weighted by atomic mass is 32.2. The van der Waals surface area contributed by atoms with Crippen LogP contribution in [0.5, 0.6) is 0 Å². The first-order valence-corrected chi connectivity index (χ1v) is 11.8. The van der Waals surface area contributed by atoms with Gasteiger partial charge in [-0.05, 0) is 41.8 Å². The van der Waals surface area contributed by atoms with Gasteiger partial charge in [0.2, 0.25) is 0 Å². The Morgan fingerprint density at radius 2 is 1.41 bits per heavy atom. The highest BCUT2D eigenvalue weighted by Crippen LogP contribution is 2.30. The smallest absolute Gasteiger partial charge is 0.328 e. The second-order valence-electron chi connectivity index (χ2n) is 7.66. The number of esters is 1. The number of sulfone groups is 1. The number of likely N-dealkylation sites (tertiary alicyclic amines) is 1. The van der Waals surface area contributed by atoms with Gasteiger partial charge in [-0.15, -0.1) is 0 Å². The molecule has 6 nitrogen and oxygen atoms in total. The minimum absolute atomic E-state index is 0.00224. The molecule has 1 aliphatic rings. The monoisotopic (exact) mass is 449 g/mol. The van der Waals surface area contributed by atoms with E-state index in [1.165, 1.54) is 24.1 Å². The van der Waals surface area contributed by atoms with Gasteiger partial charge in [0.15, 0.2) is 9.84 Å². The van der Waals surface area contributed by atoms with E-state index in [0.29, 0.717) is 5.56 Å². The maximum Gasteiger partial charge on any atom is 0.328 e. The third-order valence-electron chi connectivity index (χ3n) is 5.75. The molecule has 0 N–H and O–H groups in total. The molecule has 4 rings (SSSR count). The van der Waals surface area contributed by atoms with Gasteiger partial charge in [-0.2, -0.15) is 0 Å². The topological polar surface area (TPSA) is 80.8 Å². The van der Waals surface area contributed by atoms with Crippen LogP contribution in [0.2, 0.25) is 0 Å². The lowest BCUT2D eigenvalue weighted by molar-refractivity contribution is -0.145. The quantitative estimate of drug-likeness (QED) is 0.556. The fourth-order valence-corrected chi connectivity index (χ4v) is 5.72. The maximum atomic E-state index is 13.3. The molecule has 0 aliphatic carbocycles. The van der Waals surface area contributed by atoms with Crippen LogP contribution < -0.4 is 0 Å². The standard InChI is InChI=1S/C25H23NO5S/c1-31-25(28)23-16-22(32(29,30)21-10-6-3-7-11-21)17-26(23)24(27)20-14-12-19(13-15-20)18-8-4-2-5-9-18/h2-15,22-23H,16-17H2,1H3/t22-,23+/m1/s1. The summed E-state index contributed by atoms with van der Waals surface area (Å²) in [7, 11) is -2.47. The van der Waals surface area contributed by atoms with E-state index in [1.807, 2.05) is 42.5 Å². The van der Waals surface area contributed by atoms with Gasteiger partial charge >= 0.3 is 5.97 Å². The van der Waals surface area contributed by atoms with Gasteiger partial charge in [0.1, 0.15) is 6.04 Å². The van der Waals surface area contributed by atoms with Crippen molar-refractivity contribution < 1.29 is 22.7 Å². The molecule has 0 saturated carbocycles. The number of carbonyl (C=O) groups excluding carboxylic acids is 2. The molecule has 1 heterocycles. The van der Waals surface area contributed by atoms with Crippen molar-refractivity contribution in [3.05, 3.63) is 90.5 Å². The molecule has 1 amide bonds. The first kappa shape index (κ1) is 21.8. The Morgan fingerprint density at radius 3 is 2.00 bits per heavy atom. The van der Waals surface area contributed by atoms with Crippen LogP contribution in [0.15, 0.2) is 89.8 Å². The Kier molecular flexibility index (Phi) is 6.10. The Hall–Kier alpha value is -3.45. The van der Waals surface area contributed by atoms with E-state index in [4.69, 9.17) is 4.74 Å². The van der Waals surface area contributed by atoms with E-state index in [2.05, 4.69) is 0 Å². The Labute approximate surface area is 187 Å². The largest absolute Gasteiger partial charge is 0.467 e. The van der Waals surface area contributed by atoms with Gasteiger partial charge in [-0.1, -0.05) is 60.7 Å². The van der Waals surface area contributed by atoms with Crippen LogP contribution in [0.3, 0.4) is 0 Å². The predicted octanol–water partition coefficient (Wildman–Crippen LogP) is 3.58. The van der Waals surface area contributed by atoms with Crippen molar-refractivity contribution in [2.45, 2.75) is 22.6 Å².